The normalized spacial score (nSPS) is 11.1. The van der Waals surface area contributed by atoms with Gasteiger partial charge in [0.2, 0.25) is 4.77 Å². The number of hydrogen-bond donors (Lipinski definition) is 2. The van der Waals surface area contributed by atoms with Crippen molar-refractivity contribution >= 4 is 34.4 Å². The van der Waals surface area contributed by atoms with Crippen molar-refractivity contribution in [2.45, 2.75) is 6.92 Å². The molecule has 100 valence electrons. The highest BCUT2D eigenvalue weighted by atomic mass is 79.9. The molecule has 2 N–H and O–H groups in total. The van der Waals surface area contributed by atoms with Crippen molar-refractivity contribution in [1.29, 1.82) is 0 Å². The Labute approximate surface area is 122 Å². The smallest absolute Gasteiger partial charge is 0.216 e. The first-order valence-corrected chi connectivity index (χ1v) is 6.48. The van der Waals surface area contributed by atoms with Gasteiger partial charge >= 0.3 is 0 Å². The zero-order valence-corrected chi connectivity index (χ0v) is 12.6. The second kappa shape index (κ2) is 5.54. The fraction of sp³-hybridized carbons (Fsp3) is 0.182. The quantitative estimate of drug-likeness (QED) is 0.664. The van der Waals surface area contributed by atoms with Gasteiger partial charge in [0.1, 0.15) is 5.82 Å². The van der Waals surface area contributed by atoms with E-state index in [1.165, 1.54) is 11.8 Å². The molecular formula is C11H11BrN4O2S. The monoisotopic (exact) mass is 342 g/mol. The van der Waals surface area contributed by atoms with E-state index in [4.69, 9.17) is 17.0 Å². The van der Waals surface area contributed by atoms with Gasteiger partial charge in [0, 0.05) is 5.56 Å². The lowest BCUT2D eigenvalue weighted by Gasteiger charge is -2.06. The Morgan fingerprint density at radius 2 is 2.32 bits per heavy atom. The van der Waals surface area contributed by atoms with Crippen LogP contribution in [0.3, 0.4) is 0 Å². The lowest BCUT2D eigenvalue weighted by atomic mass is 10.2. The molecule has 0 aliphatic rings. The van der Waals surface area contributed by atoms with E-state index >= 15 is 0 Å². The number of rotatable bonds is 3. The van der Waals surface area contributed by atoms with Gasteiger partial charge < -0.3 is 9.84 Å². The van der Waals surface area contributed by atoms with E-state index in [0.717, 1.165) is 0 Å². The molecule has 6 nitrogen and oxygen atoms in total. The van der Waals surface area contributed by atoms with E-state index in [1.54, 1.807) is 25.3 Å². The highest BCUT2D eigenvalue weighted by Gasteiger charge is 2.09. The molecule has 0 atom stereocenters. The number of aryl methyl sites for hydroxylation is 1. The molecule has 19 heavy (non-hydrogen) atoms. The van der Waals surface area contributed by atoms with Gasteiger partial charge in [-0.15, -0.1) is 0 Å². The minimum absolute atomic E-state index is 0.0268. The van der Waals surface area contributed by atoms with Crippen molar-refractivity contribution in [3.8, 4) is 11.5 Å². The summed E-state index contributed by atoms with van der Waals surface area (Å²) in [6.45, 7) is 1.78. The average molecular weight is 343 g/mol. The van der Waals surface area contributed by atoms with Crippen LogP contribution < -0.4 is 4.74 Å². The summed E-state index contributed by atoms with van der Waals surface area (Å²) in [4.78, 5) is 0. The van der Waals surface area contributed by atoms with Gasteiger partial charge in [-0.25, -0.2) is 0 Å². The topological polar surface area (TPSA) is 75.4 Å². The van der Waals surface area contributed by atoms with Crippen LogP contribution in [0.4, 0.5) is 0 Å². The molecule has 0 spiro atoms. The van der Waals surface area contributed by atoms with Crippen molar-refractivity contribution in [3.63, 3.8) is 0 Å². The highest BCUT2D eigenvalue weighted by Crippen LogP contribution is 2.35. The van der Waals surface area contributed by atoms with E-state index in [2.05, 4.69) is 31.2 Å². The predicted molar refractivity (Wildman–Crippen MR) is 77.5 cm³/mol. The summed E-state index contributed by atoms with van der Waals surface area (Å²) >= 11 is 8.33. The molecule has 0 aliphatic carbocycles. The molecule has 0 saturated heterocycles. The molecule has 0 aliphatic heterocycles. The maximum absolute atomic E-state index is 9.87. The molecule has 2 rings (SSSR count). The fourth-order valence-corrected chi connectivity index (χ4v) is 2.11. The Morgan fingerprint density at radius 3 is 2.89 bits per heavy atom. The zero-order chi connectivity index (χ0) is 14.0. The molecule has 1 aromatic heterocycles. The van der Waals surface area contributed by atoms with Crippen molar-refractivity contribution in [3.05, 3.63) is 32.8 Å². The number of methoxy groups -OCH3 is 1. The van der Waals surface area contributed by atoms with Crippen LogP contribution in [0.5, 0.6) is 11.5 Å². The van der Waals surface area contributed by atoms with Gasteiger partial charge in [0.15, 0.2) is 11.5 Å². The van der Waals surface area contributed by atoms with Crippen LogP contribution in [0.25, 0.3) is 0 Å². The van der Waals surface area contributed by atoms with E-state index in [0.29, 0.717) is 26.4 Å². The first kappa shape index (κ1) is 13.8. The molecule has 0 amide bonds. The minimum Gasteiger partial charge on any atom is -0.503 e. The van der Waals surface area contributed by atoms with Crippen molar-refractivity contribution in [2.75, 3.05) is 7.11 Å². The summed E-state index contributed by atoms with van der Waals surface area (Å²) in [5.74, 6) is 1.06. The number of phenols is 1. The van der Waals surface area contributed by atoms with Crippen LogP contribution in [-0.2, 0) is 0 Å². The average Bonchev–Trinajstić information content (AvgIpc) is 2.71. The number of benzene rings is 1. The number of aromatic amines is 1. The standard InChI is InChI=1S/C11H11BrN4O2S/c1-6-14-15-11(19)16(6)13-5-7-3-4-8(18-2)10(17)9(7)12/h3-5,17H,1-2H3,(H,15,19)/b13-5-. The fourth-order valence-electron chi connectivity index (χ4n) is 1.45. The Hall–Kier alpha value is -1.67. The zero-order valence-electron chi connectivity index (χ0n) is 10.2. The summed E-state index contributed by atoms with van der Waals surface area (Å²) in [7, 11) is 1.49. The number of ether oxygens (including phenoxy) is 1. The number of aromatic hydroxyl groups is 1. The van der Waals surface area contributed by atoms with Gasteiger partial charge in [-0.05, 0) is 47.2 Å². The van der Waals surface area contributed by atoms with Crippen LogP contribution in [0, 0.1) is 11.7 Å². The van der Waals surface area contributed by atoms with E-state index in [9.17, 15) is 5.11 Å². The number of phenolic OH excluding ortho intramolecular Hbond substituents is 1. The first-order chi connectivity index (χ1) is 9.04. The number of halogens is 1. The van der Waals surface area contributed by atoms with E-state index < -0.39 is 0 Å². The molecule has 0 unspecified atom stereocenters. The van der Waals surface area contributed by atoms with Crippen LogP contribution in [0.15, 0.2) is 21.7 Å². The molecular weight excluding hydrogens is 332 g/mol. The number of hydrogen-bond acceptors (Lipinski definition) is 5. The summed E-state index contributed by atoms with van der Waals surface area (Å²) in [6, 6.07) is 3.42. The molecule has 0 bridgehead atoms. The third kappa shape index (κ3) is 2.69. The second-order valence-electron chi connectivity index (χ2n) is 3.65. The molecule has 0 fully saturated rings. The molecule has 1 heterocycles. The highest BCUT2D eigenvalue weighted by molar-refractivity contribution is 9.10. The Balaban J connectivity index is 2.40. The first-order valence-electron chi connectivity index (χ1n) is 5.28. The molecule has 0 radical (unpaired) electrons. The van der Waals surface area contributed by atoms with Gasteiger partial charge in [-0.1, -0.05) is 0 Å². The summed E-state index contributed by atoms with van der Waals surface area (Å²) in [6.07, 6.45) is 1.57. The van der Waals surface area contributed by atoms with E-state index in [-0.39, 0.29) is 5.75 Å². The van der Waals surface area contributed by atoms with Gasteiger partial charge in [-0.2, -0.15) is 14.9 Å². The van der Waals surface area contributed by atoms with Crippen LogP contribution in [0.2, 0.25) is 0 Å². The van der Waals surface area contributed by atoms with Crippen molar-refractivity contribution < 1.29 is 9.84 Å². The second-order valence-corrected chi connectivity index (χ2v) is 4.83. The lowest BCUT2D eigenvalue weighted by molar-refractivity contribution is 0.372. The molecule has 2 aromatic rings. The van der Waals surface area contributed by atoms with Gasteiger partial charge in [0.25, 0.3) is 0 Å². The van der Waals surface area contributed by atoms with E-state index in [1.807, 2.05) is 0 Å². The third-order valence-corrected chi connectivity index (χ3v) is 3.55. The van der Waals surface area contributed by atoms with Crippen molar-refractivity contribution in [2.24, 2.45) is 5.10 Å². The maximum atomic E-state index is 9.87. The Kier molecular flexibility index (Phi) is 4.01. The summed E-state index contributed by atoms with van der Waals surface area (Å²) in [5, 5.41) is 20.7. The molecule has 1 aromatic carbocycles. The Morgan fingerprint density at radius 1 is 1.58 bits per heavy atom. The van der Waals surface area contributed by atoms with Crippen LogP contribution in [0.1, 0.15) is 11.4 Å². The summed E-state index contributed by atoms with van der Waals surface area (Å²) in [5.41, 5.74) is 0.695. The number of nitrogens with one attached hydrogen (secondary N) is 1. The third-order valence-electron chi connectivity index (χ3n) is 2.45. The molecule has 0 saturated carbocycles. The largest absolute Gasteiger partial charge is 0.503 e. The van der Waals surface area contributed by atoms with Gasteiger partial charge in [-0.3, -0.25) is 5.10 Å². The SMILES string of the molecule is COc1ccc(/C=N\n2c(C)n[nH]c2=S)c(Br)c1O. The predicted octanol–water partition coefficient (Wildman–Crippen LogP) is 2.61. The van der Waals surface area contributed by atoms with Crippen LogP contribution >= 0.6 is 28.1 Å². The number of H-pyrrole nitrogens is 1. The molecule has 8 heteroatoms. The number of aromatic nitrogens is 3. The summed E-state index contributed by atoms with van der Waals surface area (Å²) < 4.78 is 7.41. The lowest BCUT2D eigenvalue weighted by Crippen LogP contribution is -1.95. The Bertz CT molecular complexity index is 692. The number of nitrogens with zero attached hydrogens (tertiary/aromatic N) is 3. The van der Waals surface area contributed by atoms with Gasteiger partial charge in [0.05, 0.1) is 17.8 Å². The van der Waals surface area contributed by atoms with Crippen LogP contribution in [-0.4, -0.2) is 33.3 Å². The minimum atomic E-state index is 0.0268. The van der Waals surface area contributed by atoms with Crippen molar-refractivity contribution in [1.82, 2.24) is 14.9 Å². The maximum Gasteiger partial charge on any atom is 0.216 e.